The average Bonchev–Trinajstić information content (AvgIpc) is 2.72. The standard InChI is InChI=1S/C24H32N4O2/c1-17-5-8-22(20(4)15-17)26-24(25-9-10-28-11-13-30-14-12-28)27-23(29)21-7-6-18(2)19(3)16-21/h5-8,15-16H,9-14H2,1-4H3,(H2,25,26,27,29). The minimum absolute atomic E-state index is 0.166. The molecule has 0 spiro atoms. The van der Waals surface area contributed by atoms with Crippen LogP contribution in [0, 0.1) is 27.7 Å². The molecule has 3 rings (SSSR count). The van der Waals surface area contributed by atoms with Gasteiger partial charge in [-0.05, 0) is 62.6 Å². The van der Waals surface area contributed by atoms with Gasteiger partial charge in [0.25, 0.3) is 5.91 Å². The predicted octanol–water partition coefficient (Wildman–Crippen LogP) is 3.45. The Hall–Kier alpha value is -2.70. The van der Waals surface area contributed by atoms with Crippen LogP contribution in [-0.4, -0.2) is 56.2 Å². The Kier molecular flexibility index (Phi) is 7.60. The molecule has 160 valence electrons. The highest BCUT2D eigenvalue weighted by Gasteiger charge is 2.13. The second-order valence-corrected chi connectivity index (χ2v) is 7.88. The topological polar surface area (TPSA) is 66.0 Å². The first-order chi connectivity index (χ1) is 14.4. The largest absolute Gasteiger partial charge is 0.379 e. The molecule has 1 saturated heterocycles. The van der Waals surface area contributed by atoms with Crippen molar-refractivity contribution in [3.8, 4) is 0 Å². The molecule has 2 N–H and O–H groups in total. The SMILES string of the molecule is Cc1ccc(NC(=NCCN2CCOCC2)NC(=O)c2ccc(C)c(C)c2)c(C)c1. The molecule has 6 heteroatoms. The number of anilines is 1. The fourth-order valence-electron chi connectivity index (χ4n) is 3.38. The van der Waals surface area contributed by atoms with E-state index in [1.165, 1.54) is 11.1 Å². The summed E-state index contributed by atoms with van der Waals surface area (Å²) in [5.74, 6) is 0.305. The van der Waals surface area contributed by atoms with E-state index in [0.29, 0.717) is 18.1 Å². The summed E-state index contributed by atoms with van der Waals surface area (Å²) >= 11 is 0. The molecular formula is C24H32N4O2. The van der Waals surface area contributed by atoms with Crippen molar-refractivity contribution >= 4 is 17.6 Å². The molecule has 1 fully saturated rings. The van der Waals surface area contributed by atoms with Gasteiger partial charge in [0, 0.05) is 30.9 Å². The van der Waals surface area contributed by atoms with Crippen LogP contribution in [0.3, 0.4) is 0 Å². The summed E-state index contributed by atoms with van der Waals surface area (Å²) in [5.41, 5.74) is 6.13. The van der Waals surface area contributed by atoms with Crippen molar-refractivity contribution in [2.24, 2.45) is 4.99 Å². The van der Waals surface area contributed by atoms with Crippen molar-refractivity contribution in [2.45, 2.75) is 27.7 Å². The Labute approximate surface area is 179 Å². The molecule has 2 aromatic rings. The van der Waals surface area contributed by atoms with Crippen molar-refractivity contribution in [3.05, 3.63) is 64.2 Å². The van der Waals surface area contributed by atoms with Gasteiger partial charge < -0.3 is 10.1 Å². The molecule has 6 nitrogen and oxygen atoms in total. The van der Waals surface area contributed by atoms with Crippen molar-refractivity contribution in [1.82, 2.24) is 10.2 Å². The van der Waals surface area contributed by atoms with Crippen molar-refractivity contribution in [3.63, 3.8) is 0 Å². The van der Waals surface area contributed by atoms with Crippen LogP contribution in [0.1, 0.15) is 32.6 Å². The fraction of sp³-hybridized carbons (Fsp3) is 0.417. The van der Waals surface area contributed by atoms with E-state index in [2.05, 4.69) is 33.5 Å². The lowest BCUT2D eigenvalue weighted by atomic mass is 10.1. The number of amides is 1. The summed E-state index contributed by atoms with van der Waals surface area (Å²) in [5, 5.41) is 6.28. The first kappa shape index (κ1) is 22.0. The van der Waals surface area contributed by atoms with Crippen LogP contribution in [0.15, 0.2) is 41.4 Å². The molecule has 1 aliphatic rings. The minimum atomic E-state index is -0.166. The maximum Gasteiger partial charge on any atom is 0.257 e. The van der Waals surface area contributed by atoms with Gasteiger partial charge in [0.05, 0.1) is 19.8 Å². The molecule has 0 aromatic heterocycles. The number of hydrogen-bond acceptors (Lipinski definition) is 4. The van der Waals surface area contributed by atoms with Crippen molar-refractivity contribution in [1.29, 1.82) is 0 Å². The zero-order chi connectivity index (χ0) is 21.5. The molecule has 30 heavy (non-hydrogen) atoms. The Morgan fingerprint density at radius 2 is 1.77 bits per heavy atom. The third-order valence-corrected chi connectivity index (χ3v) is 5.43. The third-order valence-electron chi connectivity index (χ3n) is 5.43. The highest BCUT2D eigenvalue weighted by Crippen LogP contribution is 2.16. The highest BCUT2D eigenvalue weighted by molar-refractivity contribution is 6.10. The fourth-order valence-corrected chi connectivity index (χ4v) is 3.38. The van der Waals surface area contributed by atoms with Crippen molar-refractivity contribution < 1.29 is 9.53 Å². The van der Waals surface area contributed by atoms with Crippen LogP contribution >= 0.6 is 0 Å². The molecule has 0 aliphatic carbocycles. The first-order valence-corrected chi connectivity index (χ1v) is 10.5. The minimum Gasteiger partial charge on any atom is -0.379 e. The molecule has 0 saturated carbocycles. The second kappa shape index (κ2) is 10.4. The number of rotatable bonds is 5. The summed E-state index contributed by atoms with van der Waals surface area (Å²) in [7, 11) is 0. The van der Waals surface area contributed by atoms with E-state index < -0.39 is 0 Å². The summed E-state index contributed by atoms with van der Waals surface area (Å²) in [4.78, 5) is 19.9. The van der Waals surface area contributed by atoms with E-state index in [1.54, 1.807) is 0 Å². The maximum atomic E-state index is 12.9. The zero-order valence-electron chi connectivity index (χ0n) is 18.4. The number of ether oxygens (including phenoxy) is 1. The summed E-state index contributed by atoms with van der Waals surface area (Å²) in [6.45, 7) is 13.0. The second-order valence-electron chi connectivity index (χ2n) is 7.88. The number of benzene rings is 2. The highest BCUT2D eigenvalue weighted by atomic mass is 16.5. The molecule has 1 amide bonds. The molecule has 0 radical (unpaired) electrons. The van der Waals surface area contributed by atoms with Gasteiger partial charge in [-0.25, -0.2) is 0 Å². The number of aliphatic imine (C=N–C) groups is 1. The Morgan fingerprint density at radius 1 is 1.00 bits per heavy atom. The zero-order valence-corrected chi connectivity index (χ0v) is 18.4. The molecule has 1 aliphatic heterocycles. The number of hydrogen-bond donors (Lipinski definition) is 2. The van der Waals surface area contributed by atoms with E-state index in [-0.39, 0.29) is 5.91 Å². The summed E-state index contributed by atoms with van der Waals surface area (Å²) < 4.78 is 5.40. The van der Waals surface area contributed by atoms with Gasteiger partial charge in [0.1, 0.15) is 0 Å². The van der Waals surface area contributed by atoms with Crippen LogP contribution in [0.2, 0.25) is 0 Å². The first-order valence-electron chi connectivity index (χ1n) is 10.5. The lowest BCUT2D eigenvalue weighted by Gasteiger charge is -2.25. The van der Waals surface area contributed by atoms with E-state index in [4.69, 9.17) is 4.74 Å². The molecule has 2 aromatic carbocycles. The van der Waals surface area contributed by atoms with Gasteiger partial charge in [-0.2, -0.15) is 0 Å². The molecule has 0 bridgehead atoms. The summed E-state index contributed by atoms with van der Waals surface area (Å²) in [6, 6.07) is 11.9. The van der Waals surface area contributed by atoms with E-state index in [9.17, 15) is 4.79 Å². The third kappa shape index (κ3) is 6.15. The van der Waals surface area contributed by atoms with Gasteiger partial charge in [0.15, 0.2) is 0 Å². The molecule has 0 atom stereocenters. The number of nitrogens with zero attached hydrogens (tertiary/aromatic N) is 2. The quantitative estimate of drug-likeness (QED) is 0.587. The number of guanidine groups is 1. The Bertz CT molecular complexity index is 917. The maximum absolute atomic E-state index is 12.9. The smallest absolute Gasteiger partial charge is 0.257 e. The monoisotopic (exact) mass is 408 g/mol. The van der Waals surface area contributed by atoms with Gasteiger partial charge in [-0.1, -0.05) is 23.8 Å². The van der Waals surface area contributed by atoms with E-state index >= 15 is 0 Å². The molecule has 0 unspecified atom stereocenters. The Balaban J connectivity index is 1.73. The van der Waals surface area contributed by atoms with Crippen LogP contribution in [-0.2, 0) is 4.74 Å². The predicted molar refractivity (Wildman–Crippen MR) is 122 cm³/mol. The molecular weight excluding hydrogens is 376 g/mol. The number of morpholine rings is 1. The number of carbonyl (C=O) groups excluding carboxylic acids is 1. The van der Waals surface area contributed by atoms with Crippen LogP contribution < -0.4 is 10.6 Å². The van der Waals surface area contributed by atoms with E-state index in [0.717, 1.165) is 49.7 Å². The van der Waals surface area contributed by atoms with Crippen molar-refractivity contribution in [2.75, 3.05) is 44.7 Å². The van der Waals surface area contributed by atoms with Crippen LogP contribution in [0.5, 0.6) is 0 Å². The number of nitrogens with one attached hydrogen (secondary N) is 2. The average molecular weight is 409 g/mol. The molecule has 1 heterocycles. The van der Waals surface area contributed by atoms with Gasteiger partial charge in [0.2, 0.25) is 5.96 Å². The van der Waals surface area contributed by atoms with Crippen LogP contribution in [0.4, 0.5) is 5.69 Å². The lowest BCUT2D eigenvalue weighted by Crippen LogP contribution is -2.39. The Morgan fingerprint density at radius 3 is 2.47 bits per heavy atom. The normalized spacial score (nSPS) is 15.1. The van der Waals surface area contributed by atoms with E-state index in [1.807, 2.05) is 51.1 Å². The number of carbonyl (C=O) groups is 1. The van der Waals surface area contributed by atoms with Gasteiger partial charge >= 0.3 is 0 Å². The van der Waals surface area contributed by atoms with Gasteiger partial charge in [-0.15, -0.1) is 0 Å². The van der Waals surface area contributed by atoms with Crippen LogP contribution in [0.25, 0.3) is 0 Å². The number of aryl methyl sites for hydroxylation is 4. The van der Waals surface area contributed by atoms with Gasteiger partial charge in [-0.3, -0.25) is 20.0 Å². The lowest BCUT2D eigenvalue weighted by molar-refractivity contribution is 0.0394. The summed E-state index contributed by atoms with van der Waals surface area (Å²) in [6.07, 6.45) is 0.